The number of anilines is 1. The van der Waals surface area contributed by atoms with Crippen LogP contribution < -0.4 is 10.6 Å². The van der Waals surface area contributed by atoms with Gasteiger partial charge in [0.05, 0.1) is 11.3 Å². The topological polar surface area (TPSA) is 78.4 Å². The first-order valence-electron chi connectivity index (χ1n) is 7.13. The Hall–Kier alpha value is -1.40. The van der Waals surface area contributed by atoms with Gasteiger partial charge in [0, 0.05) is 16.9 Å². The van der Waals surface area contributed by atoms with Crippen LogP contribution in [0.2, 0.25) is 0 Å². The predicted octanol–water partition coefficient (Wildman–Crippen LogP) is 3.01. The van der Waals surface area contributed by atoms with Crippen molar-refractivity contribution in [2.45, 2.75) is 38.1 Å². The smallest absolute Gasteiger partial charge is 0.337 e. The number of benzene rings is 1. The normalized spacial score (nSPS) is 18.2. The van der Waals surface area contributed by atoms with Crippen LogP contribution in [0.3, 0.4) is 0 Å². The number of hydrogen-bond acceptors (Lipinski definition) is 3. The molecule has 1 aromatic rings. The van der Waals surface area contributed by atoms with E-state index in [0.717, 1.165) is 19.4 Å². The van der Waals surface area contributed by atoms with Crippen molar-refractivity contribution in [1.29, 1.82) is 0 Å². The number of aromatic carboxylic acids is 1. The Morgan fingerprint density at radius 1 is 1.38 bits per heavy atom. The lowest BCUT2D eigenvalue weighted by atomic mass is 10.0. The molecule has 6 heteroatoms. The minimum absolute atomic E-state index is 0.0912. The fraction of sp³-hybridized carbons (Fsp3) is 0.467. The lowest BCUT2D eigenvalue weighted by molar-refractivity contribution is -0.116. The lowest BCUT2D eigenvalue weighted by Crippen LogP contribution is -2.34. The van der Waals surface area contributed by atoms with E-state index in [-0.39, 0.29) is 11.5 Å². The lowest BCUT2D eigenvalue weighted by Gasteiger charge is -2.23. The number of hydrogen-bond donors (Lipinski definition) is 3. The van der Waals surface area contributed by atoms with E-state index < -0.39 is 5.97 Å². The zero-order chi connectivity index (χ0) is 15.2. The molecule has 2 rings (SSSR count). The number of para-hydroxylation sites is 1. The van der Waals surface area contributed by atoms with Crippen molar-refractivity contribution in [3.05, 3.63) is 28.2 Å². The van der Waals surface area contributed by atoms with E-state index in [1.165, 1.54) is 18.9 Å². The molecule has 21 heavy (non-hydrogen) atoms. The molecule has 1 atom stereocenters. The molecule has 1 amide bonds. The van der Waals surface area contributed by atoms with Gasteiger partial charge in [0.15, 0.2) is 0 Å². The Bertz CT molecular complexity index is 528. The summed E-state index contributed by atoms with van der Waals surface area (Å²) < 4.78 is 0.576. The Balaban J connectivity index is 1.94. The van der Waals surface area contributed by atoms with Crippen molar-refractivity contribution in [2.75, 3.05) is 11.9 Å². The maximum Gasteiger partial charge on any atom is 0.337 e. The number of carbonyl (C=O) groups is 2. The average molecular weight is 355 g/mol. The van der Waals surface area contributed by atoms with Crippen molar-refractivity contribution in [3.63, 3.8) is 0 Å². The second-order valence-electron chi connectivity index (χ2n) is 5.20. The number of piperidine rings is 1. The molecule has 0 aromatic heterocycles. The number of amides is 1. The standard InChI is InChI=1S/C15H19BrN2O3/c16-12-6-3-5-11(15(20)21)14(12)18-13(19)8-7-10-4-1-2-9-17-10/h3,5-6,10,17H,1-2,4,7-9H2,(H,18,19)(H,20,21). The summed E-state index contributed by atoms with van der Waals surface area (Å²) >= 11 is 3.28. The second-order valence-corrected chi connectivity index (χ2v) is 6.06. The number of carbonyl (C=O) groups excluding carboxylic acids is 1. The number of carboxylic acid groups (broad SMARTS) is 1. The highest BCUT2D eigenvalue weighted by molar-refractivity contribution is 9.10. The van der Waals surface area contributed by atoms with Crippen molar-refractivity contribution in [2.24, 2.45) is 0 Å². The van der Waals surface area contributed by atoms with Gasteiger partial charge in [-0.2, -0.15) is 0 Å². The van der Waals surface area contributed by atoms with Crippen molar-refractivity contribution in [1.82, 2.24) is 5.32 Å². The second kappa shape index (κ2) is 7.56. The largest absolute Gasteiger partial charge is 0.478 e. The molecule has 1 aliphatic rings. The third kappa shape index (κ3) is 4.54. The fourth-order valence-corrected chi connectivity index (χ4v) is 2.97. The van der Waals surface area contributed by atoms with Crippen LogP contribution in [0, 0.1) is 0 Å². The highest BCUT2D eigenvalue weighted by Crippen LogP contribution is 2.27. The maximum absolute atomic E-state index is 12.0. The summed E-state index contributed by atoms with van der Waals surface area (Å²) in [6.07, 6.45) is 4.66. The van der Waals surface area contributed by atoms with E-state index in [2.05, 4.69) is 26.6 Å². The Labute approximate surface area is 132 Å². The van der Waals surface area contributed by atoms with Gasteiger partial charge < -0.3 is 15.7 Å². The molecule has 0 bridgehead atoms. The highest BCUT2D eigenvalue weighted by Gasteiger charge is 2.17. The van der Waals surface area contributed by atoms with Gasteiger partial charge in [-0.15, -0.1) is 0 Å². The van der Waals surface area contributed by atoms with Crippen LogP contribution in [-0.4, -0.2) is 29.6 Å². The molecule has 0 radical (unpaired) electrons. The molecule has 1 heterocycles. The first kappa shape index (κ1) is 16.0. The molecular formula is C15H19BrN2O3. The molecule has 1 unspecified atom stereocenters. The Kier molecular flexibility index (Phi) is 5.76. The first-order valence-corrected chi connectivity index (χ1v) is 7.92. The van der Waals surface area contributed by atoms with E-state index in [9.17, 15) is 9.59 Å². The van der Waals surface area contributed by atoms with Crippen LogP contribution in [0.25, 0.3) is 0 Å². The zero-order valence-corrected chi connectivity index (χ0v) is 13.3. The Morgan fingerprint density at radius 2 is 2.19 bits per heavy atom. The molecule has 1 fully saturated rings. The molecule has 1 aliphatic heterocycles. The summed E-state index contributed by atoms with van der Waals surface area (Å²) in [4.78, 5) is 23.2. The summed E-state index contributed by atoms with van der Waals surface area (Å²) in [6.45, 7) is 1.01. The predicted molar refractivity (Wildman–Crippen MR) is 84.6 cm³/mol. The molecule has 5 nitrogen and oxygen atoms in total. The summed E-state index contributed by atoms with van der Waals surface area (Å²) in [7, 11) is 0. The fourth-order valence-electron chi connectivity index (χ4n) is 2.51. The van der Waals surface area contributed by atoms with Crippen LogP contribution in [0.15, 0.2) is 22.7 Å². The van der Waals surface area contributed by atoms with E-state index >= 15 is 0 Å². The van der Waals surface area contributed by atoms with Crippen LogP contribution in [0.1, 0.15) is 42.5 Å². The molecular weight excluding hydrogens is 336 g/mol. The van der Waals surface area contributed by atoms with Gasteiger partial charge in [-0.05, 0) is 53.9 Å². The highest BCUT2D eigenvalue weighted by atomic mass is 79.9. The minimum Gasteiger partial charge on any atom is -0.478 e. The SMILES string of the molecule is O=C(CCC1CCCCN1)Nc1c(Br)cccc1C(=O)O. The van der Waals surface area contributed by atoms with E-state index in [0.29, 0.717) is 22.6 Å². The van der Waals surface area contributed by atoms with Crippen LogP contribution >= 0.6 is 15.9 Å². The quantitative estimate of drug-likeness (QED) is 0.759. The molecule has 1 aromatic carbocycles. The van der Waals surface area contributed by atoms with Gasteiger partial charge in [0.2, 0.25) is 5.91 Å². The zero-order valence-electron chi connectivity index (χ0n) is 11.7. The van der Waals surface area contributed by atoms with Gasteiger partial charge in [0.25, 0.3) is 0 Å². The van der Waals surface area contributed by atoms with E-state index in [1.807, 2.05) is 0 Å². The molecule has 0 spiro atoms. The van der Waals surface area contributed by atoms with Gasteiger partial charge in [-0.1, -0.05) is 12.5 Å². The third-order valence-electron chi connectivity index (χ3n) is 3.64. The number of rotatable bonds is 5. The van der Waals surface area contributed by atoms with Crippen molar-refractivity contribution >= 4 is 33.5 Å². The summed E-state index contributed by atoms with van der Waals surface area (Å²) in [5.41, 5.74) is 0.417. The van der Waals surface area contributed by atoms with E-state index in [4.69, 9.17) is 5.11 Å². The number of carboxylic acids is 1. The summed E-state index contributed by atoms with van der Waals surface area (Å²) in [6, 6.07) is 5.22. The van der Waals surface area contributed by atoms with Crippen molar-refractivity contribution < 1.29 is 14.7 Å². The van der Waals surface area contributed by atoms with Gasteiger partial charge in [-0.3, -0.25) is 4.79 Å². The molecule has 0 saturated carbocycles. The van der Waals surface area contributed by atoms with Gasteiger partial charge in [-0.25, -0.2) is 4.79 Å². The number of nitrogens with one attached hydrogen (secondary N) is 2. The minimum atomic E-state index is -1.06. The monoisotopic (exact) mass is 354 g/mol. The summed E-state index contributed by atoms with van der Waals surface area (Å²) in [5.74, 6) is -1.21. The third-order valence-corrected chi connectivity index (χ3v) is 4.30. The molecule has 114 valence electrons. The Morgan fingerprint density at radius 3 is 2.86 bits per heavy atom. The molecule has 3 N–H and O–H groups in total. The summed E-state index contributed by atoms with van der Waals surface area (Å²) in [5, 5.41) is 15.3. The van der Waals surface area contributed by atoms with Gasteiger partial charge in [0.1, 0.15) is 0 Å². The number of halogens is 1. The van der Waals surface area contributed by atoms with E-state index in [1.54, 1.807) is 12.1 Å². The first-order chi connectivity index (χ1) is 10.1. The van der Waals surface area contributed by atoms with Crippen LogP contribution in [0.5, 0.6) is 0 Å². The van der Waals surface area contributed by atoms with Crippen molar-refractivity contribution in [3.8, 4) is 0 Å². The van der Waals surface area contributed by atoms with Crippen LogP contribution in [-0.2, 0) is 4.79 Å². The maximum atomic E-state index is 12.0. The molecule has 1 saturated heterocycles. The van der Waals surface area contributed by atoms with Crippen LogP contribution in [0.4, 0.5) is 5.69 Å². The van der Waals surface area contributed by atoms with Gasteiger partial charge >= 0.3 is 5.97 Å². The molecule has 0 aliphatic carbocycles. The average Bonchev–Trinajstić information content (AvgIpc) is 2.48.